The Bertz CT molecular complexity index is 385. The molecule has 0 saturated heterocycles. The Balaban J connectivity index is 2.56. The van der Waals surface area contributed by atoms with Crippen LogP contribution < -0.4 is 0 Å². The highest BCUT2D eigenvalue weighted by Crippen LogP contribution is 2.22. The van der Waals surface area contributed by atoms with E-state index in [0.717, 1.165) is 12.1 Å². The van der Waals surface area contributed by atoms with Gasteiger partial charge in [0.25, 0.3) is 0 Å². The van der Waals surface area contributed by atoms with Crippen LogP contribution in [0.15, 0.2) is 24.3 Å². The summed E-state index contributed by atoms with van der Waals surface area (Å²) in [6.07, 6.45) is 1.19. The molecular weight excluding hydrogens is 222 g/mol. The van der Waals surface area contributed by atoms with E-state index in [9.17, 15) is 4.79 Å². The highest BCUT2D eigenvalue weighted by molar-refractivity contribution is 5.81. The molecule has 0 aliphatic rings. The SMILES string of the molecule is CN(C)CCC(=O)Cc1ccc(C(C)(C)C)cc1. The molecule has 0 N–H and O–H groups in total. The van der Waals surface area contributed by atoms with E-state index in [-0.39, 0.29) is 5.41 Å². The molecule has 1 aromatic rings. The molecule has 0 saturated carbocycles. The summed E-state index contributed by atoms with van der Waals surface area (Å²) < 4.78 is 0. The van der Waals surface area contributed by atoms with Crippen molar-refractivity contribution in [3.63, 3.8) is 0 Å². The summed E-state index contributed by atoms with van der Waals surface area (Å²) in [6.45, 7) is 7.43. The molecule has 0 heterocycles. The van der Waals surface area contributed by atoms with Gasteiger partial charge in [-0.2, -0.15) is 0 Å². The lowest BCUT2D eigenvalue weighted by Gasteiger charge is -2.19. The molecule has 18 heavy (non-hydrogen) atoms. The van der Waals surface area contributed by atoms with E-state index >= 15 is 0 Å². The quantitative estimate of drug-likeness (QED) is 0.797. The van der Waals surface area contributed by atoms with Crippen molar-refractivity contribution in [1.82, 2.24) is 4.90 Å². The Labute approximate surface area is 111 Å². The second kappa shape index (κ2) is 6.14. The first-order chi connectivity index (χ1) is 8.29. The van der Waals surface area contributed by atoms with Crippen molar-refractivity contribution in [2.24, 2.45) is 0 Å². The monoisotopic (exact) mass is 247 g/mol. The molecule has 2 heteroatoms. The van der Waals surface area contributed by atoms with Gasteiger partial charge in [0.1, 0.15) is 5.78 Å². The maximum Gasteiger partial charge on any atom is 0.138 e. The first-order valence-electron chi connectivity index (χ1n) is 6.55. The van der Waals surface area contributed by atoms with Crippen LogP contribution in [0.3, 0.4) is 0 Å². The molecule has 1 aromatic carbocycles. The summed E-state index contributed by atoms with van der Waals surface area (Å²) >= 11 is 0. The highest BCUT2D eigenvalue weighted by Gasteiger charge is 2.13. The average Bonchev–Trinajstić information content (AvgIpc) is 2.26. The fourth-order valence-corrected chi connectivity index (χ4v) is 1.79. The highest BCUT2D eigenvalue weighted by atomic mass is 16.1. The van der Waals surface area contributed by atoms with Crippen LogP contribution in [0.1, 0.15) is 38.3 Å². The Hall–Kier alpha value is -1.15. The summed E-state index contributed by atoms with van der Waals surface area (Å²) in [5, 5.41) is 0. The zero-order valence-electron chi connectivity index (χ0n) is 12.3. The van der Waals surface area contributed by atoms with Crippen molar-refractivity contribution in [3.05, 3.63) is 35.4 Å². The van der Waals surface area contributed by atoms with Gasteiger partial charge in [0, 0.05) is 19.4 Å². The zero-order valence-corrected chi connectivity index (χ0v) is 12.3. The van der Waals surface area contributed by atoms with Crippen LogP contribution in [0, 0.1) is 0 Å². The first kappa shape index (κ1) is 14.9. The summed E-state index contributed by atoms with van der Waals surface area (Å²) in [6, 6.07) is 8.42. The molecule has 1 rings (SSSR count). The molecule has 0 aliphatic heterocycles. The Morgan fingerprint density at radius 1 is 1.11 bits per heavy atom. The fraction of sp³-hybridized carbons (Fsp3) is 0.562. The summed E-state index contributed by atoms with van der Waals surface area (Å²) in [5.74, 6) is 0.312. The van der Waals surface area contributed by atoms with Gasteiger partial charge in [0.05, 0.1) is 0 Å². The van der Waals surface area contributed by atoms with Crippen LogP contribution in [0.25, 0.3) is 0 Å². The molecule has 0 fully saturated rings. The van der Waals surface area contributed by atoms with Crippen LogP contribution in [-0.4, -0.2) is 31.3 Å². The minimum absolute atomic E-state index is 0.174. The van der Waals surface area contributed by atoms with Crippen molar-refractivity contribution in [3.8, 4) is 0 Å². The zero-order chi connectivity index (χ0) is 13.8. The summed E-state index contributed by atoms with van der Waals surface area (Å²) in [5.41, 5.74) is 2.60. The van der Waals surface area contributed by atoms with Gasteiger partial charge >= 0.3 is 0 Å². The minimum atomic E-state index is 0.174. The third-order valence-corrected chi connectivity index (χ3v) is 3.06. The van der Waals surface area contributed by atoms with E-state index in [1.54, 1.807) is 0 Å². The van der Waals surface area contributed by atoms with Crippen LogP contribution in [0.4, 0.5) is 0 Å². The number of ketones is 1. The van der Waals surface area contributed by atoms with Gasteiger partial charge in [-0.05, 0) is 30.6 Å². The molecular formula is C16H25NO. The molecule has 0 aromatic heterocycles. The molecule has 2 nitrogen and oxygen atoms in total. The van der Waals surface area contributed by atoms with Crippen LogP contribution in [0.5, 0.6) is 0 Å². The third-order valence-electron chi connectivity index (χ3n) is 3.06. The first-order valence-corrected chi connectivity index (χ1v) is 6.55. The number of rotatable bonds is 5. The topological polar surface area (TPSA) is 20.3 Å². The molecule has 0 unspecified atom stereocenters. The van der Waals surface area contributed by atoms with E-state index < -0.39 is 0 Å². The number of carbonyl (C=O) groups is 1. The van der Waals surface area contributed by atoms with Crippen LogP contribution in [-0.2, 0) is 16.6 Å². The molecule has 0 radical (unpaired) electrons. The smallest absolute Gasteiger partial charge is 0.138 e. The van der Waals surface area contributed by atoms with Gasteiger partial charge in [-0.25, -0.2) is 0 Å². The van der Waals surface area contributed by atoms with Crippen molar-refractivity contribution in [1.29, 1.82) is 0 Å². The minimum Gasteiger partial charge on any atom is -0.309 e. The van der Waals surface area contributed by atoms with Gasteiger partial charge in [0.15, 0.2) is 0 Å². The summed E-state index contributed by atoms with van der Waals surface area (Å²) in [4.78, 5) is 13.8. The lowest BCUT2D eigenvalue weighted by atomic mass is 9.86. The standard InChI is InChI=1S/C16H25NO/c1-16(2,3)14-8-6-13(7-9-14)12-15(18)10-11-17(4)5/h6-9H,10-12H2,1-5H3. The van der Waals surface area contributed by atoms with Gasteiger partial charge < -0.3 is 4.90 Å². The second-order valence-electron chi connectivity index (χ2n) is 6.22. The lowest BCUT2D eigenvalue weighted by molar-refractivity contribution is -0.118. The lowest BCUT2D eigenvalue weighted by Crippen LogP contribution is -2.17. The fourth-order valence-electron chi connectivity index (χ4n) is 1.79. The molecule has 0 amide bonds. The Morgan fingerprint density at radius 3 is 2.11 bits per heavy atom. The molecule has 0 bridgehead atoms. The second-order valence-corrected chi connectivity index (χ2v) is 6.22. The van der Waals surface area contributed by atoms with E-state index in [0.29, 0.717) is 18.6 Å². The molecule has 100 valence electrons. The van der Waals surface area contributed by atoms with E-state index in [2.05, 4.69) is 45.0 Å². The third kappa shape index (κ3) is 5.01. The van der Waals surface area contributed by atoms with Crippen LogP contribution in [0.2, 0.25) is 0 Å². The van der Waals surface area contributed by atoms with Gasteiger partial charge in [-0.15, -0.1) is 0 Å². The Kier molecular flexibility index (Phi) is 5.09. The van der Waals surface area contributed by atoms with E-state index in [4.69, 9.17) is 0 Å². The number of hydrogen-bond acceptors (Lipinski definition) is 2. The van der Waals surface area contributed by atoms with Crippen molar-refractivity contribution >= 4 is 5.78 Å². The van der Waals surface area contributed by atoms with E-state index in [1.807, 2.05) is 19.0 Å². The average molecular weight is 247 g/mol. The molecule has 0 atom stereocenters. The van der Waals surface area contributed by atoms with E-state index in [1.165, 1.54) is 5.56 Å². The normalized spacial score (nSPS) is 11.9. The van der Waals surface area contributed by atoms with Gasteiger partial charge in [0.2, 0.25) is 0 Å². The molecule has 0 spiro atoms. The largest absolute Gasteiger partial charge is 0.309 e. The van der Waals surface area contributed by atoms with Gasteiger partial charge in [-0.1, -0.05) is 45.0 Å². The predicted octanol–water partition coefficient (Wildman–Crippen LogP) is 3.05. The predicted molar refractivity (Wildman–Crippen MR) is 77.0 cm³/mol. The number of Topliss-reactive ketones (excluding diaryl/α,β-unsaturated/α-hetero) is 1. The maximum atomic E-state index is 11.8. The number of hydrogen-bond donors (Lipinski definition) is 0. The number of carbonyl (C=O) groups excluding carboxylic acids is 1. The van der Waals surface area contributed by atoms with Crippen molar-refractivity contribution < 1.29 is 4.79 Å². The number of benzene rings is 1. The maximum absolute atomic E-state index is 11.8. The van der Waals surface area contributed by atoms with Crippen molar-refractivity contribution in [2.75, 3.05) is 20.6 Å². The van der Waals surface area contributed by atoms with Crippen LogP contribution >= 0.6 is 0 Å². The summed E-state index contributed by atoms with van der Waals surface area (Å²) in [7, 11) is 3.98. The van der Waals surface area contributed by atoms with Gasteiger partial charge in [-0.3, -0.25) is 4.79 Å². The van der Waals surface area contributed by atoms with Crippen molar-refractivity contribution in [2.45, 2.75) is 39.0 Å². The molecule has 0 aliphatic carbocycles. The number of nitrogens with zero attached hydrogens (tertiary/aromatic N) is 1. The Morgan fingerprint density at radius 2 is 1.67 bits per heavy atom.